The molecule has 2 aromatic rings. The van der Waals surface area contributed by atoms with Crippen molar-refractivity contribution >= 4 is 35.3 Å². The summed E-state index contributed by atoms with van der Waals surface area (Å²) in [5.74, 6) is -3.03. The Labute approximate surface area is 190 Å². The molecule has 0 saturated carbocycles. The molecule has 174 valence electrons. The summed E-state index contributed by atoms with van der Waals surface area (Å²) in [7, 11) is 1.17. The maximum atomic E-state index is 12.7. The molecule has 2 aromatic carbocycles. The molecular weight excluding hydrogens is 430 g/mol. The van der Waals surface area contributed by atoms with Crippen molar-refractivity contribution in [3.63, 3.8) is 0 Å². The van der Waals surface area contributed by atoms with Crippen molar-refractivity contribution in [3.05, 3.63) is 65.7 Å². The molecule has 0 saturated heterocycles. The lowest BCUT2D eigenvalue weighted by Crippen LogP contribution is -2.53. The number of aliphatic carboxylic acids is 1. The van der Waals surface area contributed by atoms with Crippen molar-refractivity contribution in [2.45, 2.75) is 31.8 Å². The number of nitrogens with one attached hydrogen (secondary N) is 3. The van der Waals surface area contributed by atoms with E-state index < -0.39 is 42.4 Å². The monoisotopic (exact) mass is 455 g/mol. The van der Waals surface area contributed by atoms with Gasteiger partial charge in [-0.1, -0.05) is 30.3 Å². The molecule has 0 fully saturated rings. The minimum absolute atomic E-state index is 0.119. The number of anilines is 1. The van der Waals surface area contributed by atoms with E-state index in [1.807, 2.05) is 0 Å². The molecule has 0 aliphatic heterocycles. The molecule has 0 aliphatic carbocycles. The van der Waals surface area contributed by atoms with Gasteiger partial charge in [0.25, 0.3) is 0 Å². The van der Waals surface area contributed by atoms with Gasteiger partial charge in [0.15, 0.2) is 5.78 Å². The molecule has 4 N–H and O–H groups in total. The minimum atomic E-state index is -1.46. The predicted octanol–water partition coefficient (Wildman–Crippen LogP) is 1.75. The van der Waals surface area contributed by atoms with Gasteiger partial charge < -0.3 is 25.8 Å². The Hall–Kier alpha value is -4.21. The zero-order valence-corrected chi connectivity index (χ0v) is 18.2. The smallest absolute Gasteiger partial charge is 0.328 e. The molecular formula is C23H25N3O7. The Kier molecular flexibility index (Phi) is 9.10. The van der Waals surface area contributed by atoms with Gasteiger partial charge in [-0.05, 0) is 36.8 Å². The van der Waals surface area contributed by atoms with Crippen molar-refractivity contribution in [1.29, 1.82) is 0 Å². The van der Waals surface area contributed by atoms with Crippen LogP contribution in [0.5, 0.6) is 0 Å². The van der Waals surface area contributed by atoms with Crippen LogP contribution < -0.4 is 16.0 Å². The van der Waals surface area contributed by atoms with Gasteiger partial charge in [0.2, 0.25) is 5.91 Å². The zero-order chi connectivity index (χ0) is 24.4. The van der Waals surface area contributed by atoms with Crippen LogP contribution in [0.2, 0.25) is 0 Å². The second-order valence-electron chi connectivity index (χ2n) is 7.16. The number of Topliss-reactive ketones (excluding diaryl/α,β-unsaturated/α-hetero) is 1. The average molecular weight is 455 g/mol. The number of carboxylic acid groups (broad SMARTS) is 1. The number of rotatable bonds is 10. The lowest BCUT2D eigenvalue weighted by molar-refractivity contribution is -0.145. The maximum Gasteiger partial charge on any atom is 0.328 e. The van der Waals surface area contributed by atoms with Crippen LogP contribution in [0.15, 0.2) is 54.6 Å². The van der Waals surface area contributed by atoms with Crippen LogP contribution in [0.4, 0.5) is 10.5 Å². The average Bonchev–Trinajstić information content (AvgIpc) is 2.78. The highest BCUT2D eigenvalue weighted by Crippen LogP contribution is 2.10. The number of hydrogen-bond acceptors (Lipinski definition) is 6. The molecule has 0 aliphatic rings. The summed E-state index contributed by atoms with van der Waals surface area (Å²) >= 11 is 0. The van der Waals surface area contributed by atoms with E-state index in [2.05, 4.69) is 16.0 Å². The van der Waals surface area contributed by atoms with Gasteiger partial charge in [0.05, 0.1) is 13.5 Å². The van der Waals surface area contributed by atoms with Crippen LogP contribution in [0.25, 0.3) is 0 Å². The predicted molar refractivity (Wildman–Crippen MR) is 119 cm³/mol. The lowest BCUT2D eigenvalue weighted by Gasteiger charge is -2.21. The third-order valence-electron chi connectivity index (χ3n) is 4.63. The molecule has 10 heteroatoms. The van der Waals surface area contributed by atoms with Gasteiger partial charge in [0, 0.05) is 17.7 Å². The highest BCUT2D eigenvalue weighted by molar-refractivity contribution is 5.97. The molecule has 10 nitrogen and oxygen atoms in total. The number of esters is 1. The van der Waals surface area contributed by atoms with Gasteiger partial charge in [0.1, 0.15) is 12.1 Å². The number of carboxylic acids is 1. The third-order valence-corrected chi connectivity index (χ3v) is 4.63. The maximum absolute atomic E-state index is 12.7. The van der Waals surface area contributed by atoms with E-state index in [4.69, 9.17) is 9.84 Å². The van der Waals surface area contributed by atoms with Crippen molar-refractivity contribution in [2.24, 2.45) is 0 Å². The van der Waals surface area contributed by atoms with E-state index in [0.717, 1.165) is 5.56 Å². The molecule has 0 spiro atoms. The van der Waals surface area contributed by atoms with E-state index in [9.17, 15) is 24.0 Å². The molecule has 2 rings (SSSR count). The van der Waals surface area contributed by atoms with E-state index in [-0.39, 0.29) is 12.2 Å². The summed E-state index contributed by atoms with van der Waals surface area (Å²) in [6, 6.07) is 11.5. The first-order valence-electron chi connectivity index (χ1n) is 10.0. The van der Waals surface area contributed by atoms with Crippen molar-refractivity contribution < 1.29 is 33.8 Å². The summed E-state index contributed by atoms with van der Waals surface area (Å²) in [5.41, 5.74) is 1.54. The molecule has 2 unspecified atom stereocenters. The summed E-state index contributed by atoms with van der Waals surface area (Å²) in [6.45, 7) is 1.41. The summed E-state index contributed by atoms with van der Waals surface area (Å²) in [5, 5.41) is 16.4. The van der Waals surface area contributed by atoms with Gasteiger partial charge in [-0.25, -0.2) is 9.59 Å². The SMILES string of the molecule is COC(=O)C(Cc1ccccc1)NC(=O)C(CC(=O)O)NC(=O)Nc1ccc(C(C)=O)cc1. The van der Waals surface area contributed by atoms with Crippen molar-refractivity contribution in [1.82, 2.24) is 10.6 Å². The van der Waals surface area contributed by atoms with Crippen molar-refractivity contribution in [3.8, 4) is 0 Å². The highest BCUT2D eigenvalue weighted by Gasteiger charge is 2.29. The van der Waals surface area contributed by atoms with Gasteiger partial charge in [-0.2, -0.15) is 0 Å². The van der Waals surface area contributed by atoms with Crippen LogP contribution in [-0.2, 0) is 25.5 Å². The van der Waals surface area contributed by atoms with Crippen LogP contribution in [0, 0.1) is 0 Å². The quantitative estimate of drug-likeness (QED) is 0.315. The number of ether oxygens (including phenoxy) is 1. The first-order chi connectivity index (χ1) is 15.7. The van der Waals surface area contributed by atoms with E-state index in [1.54, 1.807) is 30.3 Å². The fraction of sp³-hybridized carbons (Fsp3) is 0.261. The largest absolute Gasteiger partial charge is 0.481 e. The highest BCUT2D eigenvalue weighted by atomic mass is 16.5. The normalized spacial score (nSPS) is 12.1. The van der Waals surface area contributed by atoms with Crippen LogP contribution in [0.3, 0.4) is 0 Å². The standard InChI is InChI=1S/C23H25N3O7/c1-14(27)16-8-10-17(11-9-16)24-23(32)26-18(13-20(28)29)21(30)25-19(22(31)33-2)12-15-6-4-3-5-7-15/h3-11,18-19H,12-13H2,1-2H3,(H,25,30)(H,28,29)(H2,24,26,32). The Morgan fingerprint density at radius 3 is 2.09 bits per heavy atom. The molecule has 2 atom stereocenters. The van der Waals surface area contributed by atoms with Gasteiger partial charge >= 0.3 is 18.0 Å². The number of ketones is 1. The second kappa shape index (κ2) is 12.0. The minimum Gasteiger partial charge on any atom is -0.481 e. The summed E-state index contributed by atoms with van der Waals surface area (Å²) < 4.78 is 4.74. The first kappa shape index (κ1) is 25.1. The van der Waals surface area contributed by atoms with Crippen LogP contribution in [0.1, 0.15) is 29.3 Å². The van der Waals surface area contributed by atoms with E-state index >= 15 is 0 Å². The number of methoxy groups -OCH3 is 1. The number of hydrogen-bond donors (Lipinski definition) is 4. The molecule has 3 amide bonds. The molecule has 0 aromatic heterocycles. The summed E-state index contributed by atoms with van der Waals surface area (Å²) in [6.07, 6.45) is -0.588. The number of carbonyl (C=O) groups is 5. The van der Waals surface area contributed by atoms with Gasteiger partial charge in [-0.3, -0.25) is 14.4 Å². The molecule has 0 bridgehead atoms. The molecule has 0 heterocycles. The lowest BCUT2D eigenvalue weighted by atomic mass is 10.1. The van der Waals surface area contributed by atoms with E-state index in [0.29, 0.717) is 11.3 Å². The number of carbonyl (C=O) groups excluding carboxylic acids is 4. The van der Waals surface area contributed by atoms with Gasteiger partial charge in [-0.15, -0.1) is 0 Å². The Morgan fingerprint density at radius 2 is 1.55 bits per heavy atom. The van der Waals surface area contributed by atoms with Crippen molar-refractivity contribution in [2.75, 3.05) is 12.4 Å². The Balaban J connectivity index is 2.08. The van der Waals surface area contributed by atoms with Crippen LogP contribution >= 0.6 is 0 Å². The Morgan fingerprint density at radius 1 is 0.909 bits per heavy atom. The number of benzene rings is 2. The summed E-state index contributed by atoms with van der Waals surface area (Å²) in [4.78, 5) is 59.8. The molecule has 0 radical (unpaired) electrons. The van der Waals surface area contributed by atoms with E-state index in [1.165, 1.54) is 38.3 Å². The topological polar surface area (TPSA) is 151 Å². The zero-order valence-electron chi connectivity index (χ0n) is 18.2. The Bertz CT molecular complexity index is 1010. The van der Waals surface area contributed by atoms with Crippen LogP contribution in [-0.4, -0.2) is 54.0 Å². The number of urea groups is 1. The fourth-order valence-corrected chi connectivity index (χ4v) is 2.96. The fourth-order valence-electron chi connectivity index (χ4n) is 2.96. The first-order valence-corrected chi connectivity index (χ1v) is 10.0. The molecule has 33 heavy (non-hydrogen) atoms. The number of amides is 3. The second-order valence-corrected chi connectivity index (χ2v) is 7.16. The third kappa shape index (κ3) is 8.09.